The summed E-state index contributed by atoms with van der Waals surface area (Å²) in [5, 5.41) is 32.9. The van der Waals surface area contributed by atoms with Crippen LogP contribution in [0.15, 0.2) is 4.79 Å². The number of hydrogen-bond donors (Lipinski definition) is 6. The summed E-state index contributed by atoms with van der Waals surface area (Å²) in [6, 6.07) is 0. The second-order valence-corrected chi connectivity index (χ2v) is 6.74. The molecule has 1 aliphatic heterocycles. The maximum atomic E-state index is 12.2. The summed E-state index contributed by atoms with van der Waals surface area (Å²) in [5.74, 6) is 0.141. The van der Waals surface area contributed by atoms with Crippen LogP contribution in [0.25, 0.3) is 11.2 Å². The number of hydrogen-bond acceptors (Lipinski definition) is 10. The van der Waals surface area contributed by atoms with Gasteiger partial charge in [0.1, 0.15) is 18.3 Å². The first kappa shape index (κ1) is 19.5. The van der Waals surface area contributed by atoms with Crippen molar-refractivity contribution in [2.45, 2.75) is 31.0 Å². The van der Waals surface area contributed by atoms with E-state index in [4.69, 9.17) is 10.5 Å². The second kappa shape index (κ2) is 7.78. The van der Waals surface area contributed by atoms with E-state index in [1.165, 1.54) is 4.57 Å². The molecule has 0 aromatic carbocycles. The molecule has 3 heterocycles. The van der Waals surface area contributed by atoms with Crippen molar-refractivity contribution in [3.05, 3.63) is 10.4 Å². The van der Waals surface area contributed by atoms with E-state index in [2.05, 4.69) is 20.3 Å². The van der Waals surface area contributed by atoms with Gasteiger partial charge >= 0.3 is 0 Å². The molecule has 12 heteroatoms. The lowest BCUT2D eigenvalue weighted by Crippen LogP contribution is -2.33. The largest absolute Gasteiger partial charge is 0.394 e. The first-order chi connectivity index (χ1) is 12.8. The van der Waals surface area contributed by atoms with E-state index in [-0.39, 0.29) is 23.1 Å². The predicted octanol–water partition coefficient (Wildman–Crippen LogP) is -2.32. The summed E-state index contributed by atoms with van der Waals surface area (Å²) in [6.07, 6.45) is -3.89. The molecule has 4 unspecified atom stereocenters. The molecule has 2 aromatic rings. The first-order valence-electron chi connectivity index (χ1n) is 8.62. The third-order valence-corrected chi connectivity index (χ3v) is 4.41. The van der Waals surface area contributed by atoms with Crippen molar-refractivity contribution in [1.29, 1.82) is 0 Å². The van der Waals surface area contributed by atoms with Gasteiger partial charge in [0.25, 0.3) is 5.56 Å². The summed E-state index contributed by atoms with van der Waals surface area (Å²) in [7, 11) is 3.92. The number of nitrogens with two attached hydrogens (primary N) is 1. The Morgan fingerprint density at radius 1 is 1.33 bits per heavy atom. The minimum absolute atomic E-state index is 0.0250. The van der Waals surface area contributed by atoms with Gasteiger partial charge in [0.05, 0.1) is 6.61 Å². The van der Waals surface area contributed by atoms with Crippen molar-refractivity contribution in [3.63, 3.8) is 0 Å². The molecule has 0 amide bonds. The fourth-order valence-electron chi connectivity index (χ4n) is 3.06. The predicted molar refractivity (Wildman–Crippen MR) is 97.2 cm³/mol. The molecule has 1 fully saturated rings. The highest BCUT2D eigenvalue weighted by Crippen LogP contribution is 2.33. The highest BCUT2D eigenvalue weighted by Gasteiger charge is 2.45. The van der Waals surface area contributed by atoms with Crippen LogP contribution in [0.3, 0.4) is 0 Å². The van der Waals surface area contributed by atoms with Crippen LogP contribution in [0, 0.1) is 0 Å². The van der Waals surface area contributed by atoms with E-state index in [0.717, 1.165) is 13.0 Å². The number of ether oxygens (including phenoxy) is 1. The number of aliphatic hydroxyl groups excluding tert-OH is 3. The minimum atomic E-state index is -1.34. The highest BCUT2D eigenvalue weighted by molar-refractivity contribution is 5.74. The average molecular weight is 383 g/mol. The number of aromatic nitrogens is 4. The van der Waals surface area contributed by atoms with Gasteiger partial charge in [-0.05, 0) is 27.1 Å². The van der Waals surface area contributed by atoms with E-state index < -0.39 is 36.7 Å². The van der Waals surface area contributed by atoms with Crippen LogP contribution in [-0.2, 0) is 4.74 Å². The van der Waals surface area contributed by atoms with Gasteiger partial charge in [0.15, 0.2) is 17.4 Å². The van der Waals surface area contributed by atoms with Crippen LogP contribution >= 0.6 is 0 Å². The number of nitrogen functional groups attached to an aromatic ring is 1. The Bertz CT molecular complexity index is 851. The Labute approximate surface area is 154 Å². The van der Waals surface area contributed by atoms with Crippen LogP contribution in [-0.4, -0.2) is 91.8 Å². The van der Waals surface area contributed by atoms with Gasteiger partial charge in [-0.3, -0.25) is 14.3 Å². The molecular weight excluding hydrogens is 358 g/mol. The summed E-state index contributed by atoms with van der Waals surface area (Å²) in [6.45, 7) is 0.916. The second-order valence-electron chi connectivity index (χ2n) is 6.74. The summed E-state index contributed by atoms with van der Waals surface area (Å²) >= 11 is 0. The lowest BCUT2D eigenvalue weighted by atomic mass is 10.1. The molecule has 4 atom stereocenters. The zero-order valence-corrected chi connectivity index (χ0v) is 15.2. The van der Waals surface area contributed by atoms with Crippen molar-refractivity contribution >= 4 is 23.1 Å². The number of aromatic amines is 1. The van der Waals surface area contributed by atoms with Crippen LogP contribution < -0.4 is 16.6 Å². The Hall–Kier alpha value is -2.25. The molecule has 7 N–H and O–H groups in total. The SMILES string of the molecule is CN(C)CCCNc1nc2c(=O)[nH]c(N)nc2n1C1OC(CO)C(O)C1O. The highest BCUT2D eigenvalue weighted by atomic mass is 16.6. The number of fused-ring (bicyclic) bond motifs is 1. The van der Waals surface area contributed by atoms with Gasteiger partial charge in [0.2, 0.25) is 11.9 Å². The Balaban J connectivity index is 2.00. The Morgan fingerprint density at radius 2 is 2.07 bits per heavy atom. The number of nitrogens with zero attached hydrogens (tertiary/aromatic N) is 4. The standard InChI is InChI=1S/C15H25N7O5/c1-21(2)5-3-4-17-15-18-8-11(19-14(16)20-12(8)26)22(15)13-10(25)9(24)7(6-23)27-13/h7,9-10,13,23-25H,3-6H2,1-2H3,(H,17,18)(H3,16,19,20,26). The number of H-pyrrole nitrogens is 1. The van der Waals surface area contributed by atoms with Gasteiger partial charge in [0, 0.05) is 6.54 Å². The zero-order valence-electron chi connectivity index (χ0n) is 15.2. The molecule has 0 bridgehead atoms. The number of rotatable bonds is 7. The normalized spacial score (nSPS) is 25.6. The van der Waals surface area contributed by atoms with Crippen molar-refractivity contribution in [1.82, 2.24) is 24.4 Å². The van der Waals surface area contributed by atoms with E-state index in [1.54, 1.807) is 0 Å². The molecule has 0 spiro atoms. The molecular formula is C15H25N7O5. The molecule has 1 saturated heterocycles. The van der Waals surface area contributed by atoms with Gasteiger partial charge in [-0.15, -0.1) is 0 Å². The van der Waals surface area contributed by atoms with Crippen molar-refractivity contribution in [2.24, 2.45) is 0 Å². The first-order valence-corrected chi connectivity index (χ1v) is 8.62. The zero-order chi connectivity index (χ0) is 19.7. The third kappa shape index (κ3) is 3.75. The molecule has 3 rings (SSSR count). The maximum absolute atomic E-state index is 12.2. The van der Waals surface area contributed by atoms with E-state index in [0.29, 0.717) is 6.54 Å². The molecule has 0 radical (unpaired) electrons. The van der Waals surface area contributed by atoms with Crippen molar-refractivity contribution in [3.8, 4) is 0 Å². The van der Waals surface area contributed by atoms with Crippen LogP contribution in [0.4, 0.5) is 11.9 Å². The molecule has 2 aromatic heterocycles. The van der Waals surface area contributed by atoms with Gasteiger partial charge in [-0.2, -0.15) is 4.98 Å². The van der Waals surface area contributed by atoms with Gasteiger partial charge in [-0.1, -0.05) is 0 Å². The van der Waals surface area contributed by atoms with Crippen molar-refractivity contribution in [2.75, 3.05) is 44.8 Å². The summed E-state index contributed by atoms with van der Waals surface area (Å²) < 4.78 is 6.97. The average Bonchev–Trinajstić information content (AvgIpc) is 3.10. The Kier molecular flexibility index (Phi) is 5.62. The molecule has 0 aliphatic carbocycles. The van der Waals surface area contributed by atoms with Crippen LogP contribution in [0.5, 0.6) is 0 Å². The molecule has 12 nitrogen and oxygen atoms in total. The smallest absolute Gasteiger partial charge is 0.280 e. The fraction of sp³-hybridized carbons (Fsp3) is 0.667. The quantitative estimate of drug-likeness (QED) is 0.285. The summed E-state index contributed by atoms with van der Waals surface area (Å²) in [5.41, 5.74) is 5.25. The molecule has 150 valence electrons. The number of imidazole rings is 1. The van der Waals surface area contributed by atoms with E-state index in [9.17, 15) is 20.1 Å². The minimum Gasteiger partial charge on any atom is -0.394 e. The number of anilines is 2. The maximum Gasteiger partial charge on any atom is 0.280 e. The van der Waals surface area contributed by atoms with E-state index in [1.807, 2.05) is 19.0 Å². The fourth-order valence-corrected chi connectivity index (χ4v) is 3.06. The van der Waals surface area contributed by atoms with Gasteiger partial charge in [-0.25, -0.2) is 4.98 Å². The molecule has 1 aliphatic rings. The van der Waals surface area contributed by atoms with Gasteiger partial charge < -0.3 is 36.0 Å². The third-order valence-electron chi connectivity index (χ3n) is 4.41. The van der Waals surface area contributed by atoms with E-state index >= 15 is 0 Å². The number of aliphatic hydroxyl groups is 3. The summed E-state index contributed by atoms with van der Waals surface area (Å²) in [4.78, 5) is 25.0. The lowest BCUT2D eigenvalue weighted by Gasteiger charge is -2.20. The molecule has 27 heavy (non-hydrogen) atoms. The number of nitrogens with one attached hydrogen (secondary N) is 2. The monoisotopic (exact) mass is 383 g/mol. The molecule has 0 saturated carbocycles. The Morgan fingerprint density at radius 3 is 2.70 bits per heavy atom. The van der Waals surface area contributed by atoms with Crippen LogP contribution in [0.2, 0.25) is 0 Å². The lowest BCUT2D eigenvalue weighted by molar-refractivity contribution is -0.0501. The van der Waals surface area contributed by atoms with Crippen molar-refractivity contribution < 1.29 is 20.1 Å². The van der Waals surface area contributed by atoms with Crippen LogP contribution in [0.1, 0.15) is 12.6 Å². The topological polar surface area (TPSA) is 175 Å².